The third kappa shape index (κ3) is 9.46. The van der Waals surface area contributed by atoms with E-state index < -0.39 is 29.7 Å². The number of amides is 1. The minimum atomic E-state index is -1.17. The number of hydrogen-bond acceptors (Lipinski definition) is 5. The maximum atomic E-state index is 11.6. The lowest BCUT2D eigenvalue weighted by Crippen LogP contribution is -2.43. The van der Waals surface area contributed by atoms with Crippen LogP contribution in [0, 0.1) is 0 Å². The van der Waals surface area contributed by atoms with Gasteiger partial charge in [-0.3, -0.25) is 0 Å². The number of aliphatic carboxylic acids is 1. The SMILES string of the molecule is CC(C)(C)OC(=O)N[C@@H](CCC=CC(=O)OCc1ccccc1)C(=O)O. The maximum Gasteiger partial charge on any atom is 0.408 e. The molecule has 0 saturated heterocycles. The van der Waals surface area contributed by atoms with E-state index in [4.69, 9.17) is 14.6 Å². The third-order valence-corrected chi connectivity index (χ3v) is 3.09. The van der Waals surface area contributed by atoms with Crippen molar-refractivity contribution in [3.8, 4) is 0 Å². The molecule has 142 valence electrons. The summed E-state index contributed by atoms with van der Waals surface area (Å²) < 4.78 is 10.1. The zero-order chi connectivity index (χ0) is 19.6. The molecule has 1 rings (SSSR count). The van der Waals surface area contributed by atoms with Crippen molar-refractivity contribution in [1.29, 1.82) is 0 Å². The number of carbonyl (C=O) groups is 3. The van der Waals surface area contributed by atoms with E-state index in [1.165, 1.54) is 12.2 Å². The van der Waals surface area contributed by atoms with E-state index in [2.05, 4.69) is 5.32 Å². The average molecular weight is 363 g/mol. The predicted molar refractivity (Wildman–Crippen MR) is 95.4 cm³/mol. The van der Waals surface area contributed by atoms with Crippen molar-refractivity contribution in [2.24, 2.45) is 0 Å². The molecular weight excluding hydrogens is 338 g/mol. The highest BCUT2D eigenvalue weighted by molar-refractivity contribution is 5.82. The number of carboxylic acid groups (broad SMARTS) is 1. The molecule has 0 fully saturated rings. The van der Waals surface area contributed by atoms with Gasteiger partial charge in [0.15, 0.2) is 0 Å². The lowest BCUT2D eigenvalue weighted by Gasteiger charge is -2.21. The van der Waals surface area contributed by atoms with Crippen molar-refractivity contribution in [3.63, 3.8) is 0 Å². The number of alkyl carbamates (subject to hydrolysis) is 1. The fourth-order valence-corrected chi connectivity index (χ4v) is 1.93. The molecular formula is C19H25NO6. The van der Waals surface area contributed by atoms with Crippen LogP contribution in [0.4, 0.5) is 4.79 Å². The largest absolute Gasteiger partial charge is 0.480 e. The van der Waals surface area contributed by atoms with E-state index in [0.29, 0.717) is 0 Å². The maximum absolute atomic E-state index is 11.6. The lowest BCUT2D eigenvalue weighted by molar-refractivity contribution is -0.140. The summed E-state index contributed by atoms with van der Waals surface area (Å²) in [5.74, 6) is -1.68. The van der Waals surface area contributed by atoms with Gasteiger partial charge in [-0.25, -0.2) is 14.4 Å². The molecule has 2 N–H and O–H groups in total. The fourth-order valence-electron chi connectivity index (χ4n) is 1.93. The summed E-state index contributed by atoms with van der Waals surface area (Å²) >= 11 is 0. The van der Waals surface area contributed by atoms with Crippen LogP contribution in [0.2, 0.25) is 0 Å². The topological polar surface area (TPSA) is 102 Å². The second kappa shape index (κ2) is 10.2. The minimum absolute atomic E-state index is 0.122. The molecule has 0 aromatic heterocycles. The van der Waals surface area contributed by atoms with E-state index in [1.54, 1.807) is 20.8 Å². The first-order chi connectivity index (χ1) is 12.2. The van der Waals surface area contributed by atoms with Gasteiger partial charge < -0.3 is 19.9 Å². The van der Waals surface area contributed by atoms with Gasteiger partial charge in [0.2, 0.25) is 0 Å². The van der Waals surface area contributed by atoms with Crippen molar-refractivity contribution >= 4 is 18.0 Å². The summed E-state index contributed by atoms with van der Waals surface area (Å²) in [5.41, 5.74) is 0.164. The van der Waals surface area contributed by atoms with Crippen LogP contribution in [0.15, 0.2) is 42.5 Å². The van der Waals surface area contributed by atoms with E-state index >= 15 is 0 Å². The molecule has 0 heterocycles. The second-order valence-corrected chi connectivity index (χ2v) is 6.61. The first kappa shape index (κ1) is 21.2. The van der Waals surface area contributed by atoms with Crippen molar-refractivity contribution < 1.29 is 29.0 Å². The highest BCUT2D eigenvalue weighted by atomic mass is 16.6. The van der Waals surface area contributed by atoms with Crippen LogP contribution in [0.5, 0.6) is 0 Å². The summed E-state index contributed by atoms with van der Waals surface area (Å²) in [6.45, 7) is 5.23. The van der Waals surface area contributed by atoms with Crippen molar-refractivity contribution in [2.75, 3.05) is 0 Å². The second-order valence-electron chi connectivity index (χ2n) is 6.61. The molecule has 0 radical (unpaired) electrons. The van der Waals surface area contributed by atoms with Gasteiger partial charge in [0, 0.05) is 6.08 Å². The monoisotopic (exact) mass is 363 g/mol. The fraction of sp³-hybridized carbons (Fsp3) is 0.421. The normalized spacial score (nSPS) is 12.4. The number of nitrogens with one attached hydrogen (secondary N) is 1. The molecule has 0 aliphatic carbocycles. The molecule has 0 saturated carbocycles. The van der Waals surface area contributed by atoms with Crippen LogP contribution in [0.1, 0.15) is 39.2 Å². The van der Waals surface area contributed by atoms with Gasteiger partial charge >= 0.3 is 18.0 Å². The molecule has 0 aliphatic heterocycles. The molecule has 0 unspecified atom stereocenters. The first-order valence-electron chi connectivity index (χ1n) is 8.27. The Morgan fingerprint density at radius 2 is 1.85 bits per heavy atom. The number of ether oxygens (including phenoxy) is 2. The first-order valence-corrected chi connectivity index (χ1v) is 8.27. The Balaban J connectivity index is 2.37. The van der Waals surface area contributed by atoms with E-state index in [1.807, 2.05) is 30.3 Å². The molecule has 0 aliphatic rings. The smallest absolute Gasteiger partial charge is 0.408 e. The Morgan fingerprint density at radius 3 is 2.42 bits per heavy atom. The number of carboxylic acids is 1. The summed E-state index contributed by atoms with van der Waals surface area (Å²) in [6, 6.07) is 8.16. The minimum Gasteiger partial charge on any atom is -0.480 e. The molecule has 1 amide bonds. The van der Waals surface area contributed by atoms with Crippen LogP contribution < -0.4 is 5.32 Å². The molecule has 0 bridgehead atoms. The standard InChI is InChI=1S/C19H25NO6/c1-19(2,3)26-18(24)20-15(17(22)23)11-7-8-12-16(21)25-13-14-9-5-4-6-10-14/h4-6,8-10,12,15H,7,11,13H2,1-3H3,(H,20,24)(H,22,23)/t15-/m0/s1. The van der Waals surface area contributed by atoms with Crippen LogP contribution in [0.25, 0.3) is 0 Å². The quantitative estimate of drug-likeness (QED) is 0.544. The summed E-state index contributed by atoms with van der Waals surface area (Å²) in [5, 5.41) is 11.5. The van der Waals surface area contributed by atoms with Gasteiger partial charge in [-0.2, -0.15) is 0 Å². The molecule has 0 spiro atoms. The average Bonchev–Trinajstić information content (AvgIpc) is 2.54. The Kier molecular flexibility index (Phi) is 8.34. The van der Waals surface area contributed by atoms with E-state index in [0.717, 1.165) is 5.56 Å². The van der Waals surface area contributed by atoms with Crippen molar-refractivity contribution in [1.82, 2.24) is 5.32 Å². The number of rotatable bonds is 8. The Hall–Kier alpha value is -2.83. The highest BCUT2D eigenvalue weighted by Crippen LogP contribution is 2.08. The number of allylic oxidation sites excluding steroid dienone is 1. The number of esters is 1. The molecule has 26 heavy (non-hydrogen) atoms. The van der Waals surface area contributed by atoms with Crippen LogP contribution in [-0.4, -0.2) is 34.8 Å². The van der Waals surface area contributed by atoms with Crippen molar-refractivity contribution in [2.45, 2.75) is 51.9 Å². The summed E-state index contributed by atoms with van der Waals surface area (Å²) in [7, 11) is 0. The van der Waals surface area contributed by atoms with Crippen LogP contribution in [0.3, 0.4) is 0 Å². The van der Waals surface area contributed by atoms with Gasteiger partial charge in [0.1, 0.15) is 18.2 Å². The van der Waals surface area contributed by atoms with E-state index in [-0.39, 0.29) is 19.4 Å². The van der Waals surface area contributed by atoms with Gasteiger partial charge in [0.05, 0.1) is 0 Å². The van der Waals surface area contributed by atoms with Gasteiger partial charge in [-0.15, -0.1) is 0 Å². The van der Waals surface area contributed by atoms with Crippen LogP contribution >= 0.6 is 0 Å². The van der Waals surface area contributed by atoms with Gasteiger partial charge in [0.25, 0.3) is 0 Å². The van der Waals surface area contributed by atoms with Gasteiger partial charge in [-0.05, 0) is 39.2 Å². The number of hydrogen-bond donors (Lipinski definition) is 2. The third-order valence-electron chi connectivity index (χ3n) is 3.09. The Bertz CT molecular complexity index is 633. The highest BCUT2D eigenvalue weighted by Gasteiger charge is 2.23. The van der Waals surface area contributed by atoms with E-state index in [9.17, 15) is 14.4 Å². The molecule has 7 heteroatoms. The Morgan fingerprint density at radius 1 is 1.19 bits per heavy atom. The zero-order valence-corrected chi connectivity index (χ0v) is 15.2. The number of benzene rings is 1. The Labute approximate surface area is 153 Å². The van der Waals surface area contributed by atoms with Crippen molar-refractivity contribution in [3.05, 3.63) is 48.0 Å². The molecule has 7 nitrogen and oxygen atoms in total. The van der Waals surface area contributed by atoms with Crippen LogP contribution in [-0.2, 0) is 25.7 Å². The van der Waals surface area contributed by atoms with Gasteiger partial charge in [-0.1, -0.05) is 36.4 Å². The molecule has 1 atom stereocenters. The molecule has 1 aromatic carbocycles. The zero-order valence-electron chi connectivity index (χ0n) is 15.2. The summed E-state index contributed by atoms with van der Waals surface area (Å²) in [4.78, 5) is 34.5. The molecule has 1 aromatic rings. The number of carbonyl (C=O) groups excluding carboxylic acids is 2. The lowest BCUT2D eigenvalue weighted by atomic mass is 10.1. The predicted octanol–water partition coefficient (Wildman–Crippen LogP) is 3.04. The summed E-state index contributed by atoms with van der Waals surface area (Å²) in [6.07, 6.45) is 2.37.